The van der Waals surface area contributed by atoms with Gasteiger partial charge in [0.15, 0.2) is 0 Å². The van der Waals surface area contributed by atoms with Crippen molar-refractivity contribution in [3.05, 3.63) is 77.6 Å². The summed E-state index contributed by atoms with van der Waals surface area (Å²) in [5, 5.41) is 0. The number of aromatic nitrogens is 3. The summed E-state index contributed by atoms with van der Waals surface area (Å²) in [5.74, 6) is 0.891. The summed E-state index contributed by atoms with van der Waals surface area (Å²) in [6.45, 7) is 6.08. The first-order chi connectivity index (χ1) is 16.2. The lowest BCUT2D eigenvalue weighted by molar-refractivity contribution is 0.0606. The van der Waals surface area contributed by atoms with Crippen molar-refractivity contribution in [1.29, 1.82) is 0 Å². The van der Waals surface area contributed by atoms with Crippen molar-refractivity contribution in [3.63, 3.8) is 0 Å². The van der Waals surface area contributed by atoms with Gasteiger partial charge in [0.25, 0.3) is 5.91 Å². The highest BCUT2D eigenvalue weighted by atomic mass is 16.5. The van der Waals surface area contributed by atoms with Gasteiger partial charge in [0.1, 0.15) is 5.82 Å². The van der Waals surface area contributed by atoms with Gasteiger partial charge >= 0.3 is 0 Å². The lowest BCUT2D eigenvalue weighted by atomic mass is 9.93. The fraction of sp³-hybridized carbons (Fsp3) is 0.407. The maximum atomic E-state index is 13.6. The van der Waals surface area contributed by atoms with Crippen LogP contribution in [0.3, 0.4) is 0 Å². The highest BCUT2D eigenvalue weighted by Gasteiger charge is 2.32. The Kier molecular flexibility index (Phi) is 7.79. The number of pyridine rings is 1. The molecular formula is C27H32N4O2. The van der Waals surface area contributed by atoms with Crippen LogP contribution in [0.25, 0.3) is 11.1 Å². The van der Waals surface area contributed by atoms with Crippen LogP contribution >= 0.6 is 0 Å². The third-order valence-corrected chi connectivity index (χ3v) is 6.09. The average molecular weight is 445 g/mol. The van der Waals surface area contributed by atoms with E-state index in [1.165, 1.54) is 0 Å². The fourth-order valence-corrected chi connectivity index (χ4v) is 4.37. The zero-order valence-electron chi connectivity index (χ0n) is 19.5. The molecule has 1 atom stereocenters. The molecule has 6 nitrogen and oxygen atoms in total. The van der Waals surface area contributed by atoms with Gasteiger partial charge in [0, 0.05) is 49.3 Å². The largest absolute Gasteiger partial charge is 0.377 e. The van der Waals surface area contributed by atoms with Crippen LogP contribution in [-0.2, 0) is 17.8 Å². The zero-order chi connectivity index (χ0) is 23.0. The van der Waals surface area contributed by atoms with E-state index in [1.54, 1.807) is 12.4 Å². The zero-order valence-corrected chi connectivity index (χ0v) is 19.5. The summed E-state index contributed by atoms with van der Waals surface area (Å²) >= 11 is 0. The van der Waals surface area contributed by atoms with Crippen LogP contribution in [0.5, 0.6) is 0 Å². The van der Waals surface area contributed by atoms with Gasteiger partial charge in [-0.25, -0.2) is 9.97 Å². The monoisotopic (exact) mass is 444 g/mol. The molecule has 0 spiro atoms. The smallest absolute Gasteiger partial charge is 0.254 e. The van der Waals surface area contributed by atoms with Crippen molar-refractivity contribution in [1.82, 2.24) is 19.9 Å². The molecule has 0 bridgehead atoms. The summed E-state index contributed by atoms with van der Waals surface area (Å²) in [4.78, 5) is 29.4. The van der Waals surface area contributed by atoms with Crippen molar-refractivity contribution in [2.24, 2.45) is 0 Å². The number of piperidine rings is 1. The Morgan fingerprint density at radius 3 is 2.61 bits per heavy atom. The first-order valence-electron chi connectivity index (χ1n) is 11.9. The second kappa shape index (κ2) is 11.1. The molecule has 0 N–H and O–H groups in total. The molecule has 1 amide bonds. The van der Waals surface area contributed by atoms with Crippen LogP contribution in [0.2, 0.25) is 0 Å². The predicted molar refractivity (Wildman–Crippen MR) is 129 cm³/mol. The molecule has 2 aromatic heterocycles. The molecule has 0 aliphatic carbocycles. The number of carbonyl (C=O) groups is 1. The fourth-order valence-electron chi connectivity index (χ4n) is 4.37. The normalized spacial score (nSPS) is 16.1. The maximum absolute atomic E-state index is 13.6. The molecule has 0 unspecified atom stereocenters. The molecule has 1 fully saturated rings. The average Bonchev–Trinajstić information content (AvgIpc) is 2.88. The Morgan fingerprint density at radius 1 is 1.09 bits per heavy atom. The lowest BCUT2D eigenvalue weighted by Gasteiger charge is -2.36. The van der Waals surface area contributed by atoms with Crippen LogP contribution in [-0.4, -0.2) is 38.9 Å². The number of rotatable bonds is 8. The topological polar surface area (TPSA) is 68.2 Å². The number of likely N-dealkylation sites (tertiary alicyclic amines) is 1. The van der Waals surface area contributed by atoms with Crippen molar-refractivity contribution >= 4 is 5.91 Å². The Hall–Kier alpha value is -3.12. The number of hydrogen-bond donors (Lipinski definition) is 0. The minimum atomic E-state index is -0.0730. The Balaban J connectivity index is 1.68. The van der Waals surface area contributed by atoms with Crippen molar-refractivity contribution in [2.75, 3.05) is 13.2 Å². The van der Waals surface area contributed by atoms with Crippen LogP contribution in [0.4, 0.5) is 0 Å². The third kappa shape index (κ3) is 5.45. The van der Waals surface area contributed by atoms with Gasteiger partial charge in [-0.3, -0.25) is 9.78 Å². The van der Waals surface area contributed by atoms with Crippen LogP contribution in [0, 0.1) is 0 Å². The number of aryl methyl sites for hydroxylation is 1. The van der Waals surface area contributed by atoms with E-state index in [-0.39, 0.29) is 11.9 Å². The van der Waals surface area contributed by atoms with Gasteiger partial charge < -0.3 is 9.64 Å². The number of hydrogen-bond acceptors (Lipinski definition) is 5. The van der Waals surface area contributed by atoms with Crippen molar-refractivity contribution in [3.8, 4) is 11.1 Å². The molecule has 33 heavy (non-hydrogen) atoms. The molecule has 3 aromatic rings. The number of benzene rings is 1. The van der Waals surface area contributed by atoms with Gasteiger partial charge in [-0.2, -0.15) is 0 Å². The maximum Gasteiger partial charge on any atom is 0.254 e. The molecule has 0 saturated carbocycles. The van der Waals surface area contributed by atoms with E-state index >= 15 is 0 Å². The molecule has 6 heteroatoms. The predicted octanol–water partition coefficient (Wildman–Crippen LogP) is 5.40. The first-order valence-corrected chi connectivity index (χ1v) is 11.9. The van der Waals surface area contributed by atoms with Gasteiger partial charge in [-0.05, 0) is 68.0 Å². The number of ether oxygens (including phenoxy) is 1. The summed E-state index contributed by atoms with van der Waals surface area (Å²) < 4.78 is 5.48. The molecule has 4 rings (SSSR count). The Bertz CT molecular complexity index is 1050. The molecule has 1 aliphatic heterocycles. The standard InChI is InChI=1S/C27H32N4O2/c1-3-7-25-29-18-23(21-13-15-28-16-14-21)26(30-25)24-8-5-6-17-31(24)27(32)22-11-9-20(10-12-22)19-33-4-2/h9-16,18,24H,3-8,17,19H2,1-2H3/t24-/m1/s1. The Morgan fingerprint density at radius 2 is 1.88 bits per heavy atom. The molecule has 1 aliphatic rings. The quantitative estimate of drug-likeness (QED) is 0.466. The second-order valence-corrected chi connectivity index (χ2v) is 8.42. The summed E-state index contributed by atoms with van der Waals surface area (Å²) in [6, 6.07) is 11.7. The van der Waals surface area contributed by atoms with Crippen LogP contribution in [0.1, 0.15) is 73.0 Å². The van der Waals surface area contributed by atoms with Gasteiger partial charge in [-0.15, -0.1) is 0 Å². The van der Waals surface area contributed by atoms with E-state index in [1.807, 2.05) is 54.4 Å². The molecule has 3 heterocycles. The van der Waals surface area contributed by atoms with Crippen molar-refractivity contribution < 1.29 is 9.53 Å². The van der Waals surface area contributed by atoms with Gasteiger partial charge in [-0.1, -0.05) is 19.1 Å². The van der Waals surface area contributed by atoms with Crippen molar-refractivity contribution in [2.45, 2.75) is 58.6 Å². The van der Waals surface area contributed by atoms with E-state index < -0.39 is 0 Å². The molecule has 1 aromatic carbocycles. The highest BCUT2D eigenvalue weighted by molar-refractivity contribution is 5.94. The molecule has 172 valence electrons. The number of carbonyl (C=O) groups excluding carboxylic acids is 1. The molecule has 1 saturated heterocycles. The Labute approximate surface area is 196 Å². The van der Waals surface area contributed by atoms with E-state index in [9.17, 15) is 4.79 Å². The number of amides is 1. The minimum Gasteiger partial charge on any atom is -0.377 e. The SMILES string of the molecule is CCCc1ncc(-c2ccncc2)c([C@H]2CCCCN2C(=O)c2ccc(COCC)cc2)n1. The second-order valence-electron chi connectivity index (χ2n) is 8.42. The number of nitrogens with zero attached hydrogens (tertiary/aromatic N) is 4. The van der Waals surface area contributed by atoms with Gasteiger partial charge in [0.2, 0.25) is 0 Å². The van der Waals surface area contributed by atoms with E-state index in [0.717, 1.165) is 66.9 Å². The summed E-state index contributed by atoms with van der Waals surface area (Å²) in [7, 11) is 0. The van der Waals surface area contributed by atoms with E-state index in [4.69, 9.17) is 9.72 Å². The first kappa shape index (κ1) is 23.1. The van der Waals surface area contributed by atoms with E-state index in [0.29, 0.717) is 18.8 Å². The van der Waals surface area contributed by atoms with Crippen LogP contribution in [0.15, 0.2) is 55.0 Å². The van der Waals surface area contributed by atoms with Crippen LogP contribution < -0.4 is 0 Å². The molecular weight excluding hydrogens is 412 g/mol. The summed E-state index contributed by atoms with van der Waals surface area (Å²) in [6.07, 6.45) is 10.3. The van der Waals surface area contributed by atoms with E-state index in [2.05, 4.69) is 16.9 Å². The summed E-state index contributed by atoms with van der Waals surface area (Å²) in [5.41, 5.74) is 4.73. The highest BCUT2D eigenvalue weighted by Crippen LogP contribution is 2.36. The molecule has 0 radical (unpaired) electrons. The lowest BCUT2D eigenvalue weighted by Crippen LogP contribution is -2.39. The minimum absolute atomic E-state index is 0.0546. The van der Waals surface area contributed by atoms with Gasteiger partial charge in [0.05, 0.1) is 18.3 Å². The third-order valence-electron chi connectivity index (χ3n) is 6.09.